The Morgan fingerprint density at radius 2 is 2.12 bits per heavy atom. The van der Waals surface area contributed by atoms with E-state index in [2.05, 4.69) is 9.97 Å². The third-order valence-corrected chi connectivity index (χ3v) is 5.51. The molecule has 5 rings (SSSR count). The molecular weight excluding hydrogens is 350 g/mol. The zero-order valence-electron chi connectivity index (χ0n) is 13.8. The Kier molecular flexibility index (Phi) is 3.27. The van der Waals surface area contributed by atoms with Gasteiger partial charge in [-0.15, -0.1) is 11.6 Å². The number of amides is 1. The molecule has 3 N–H and O–H groups in total. The summed E-state index contributed by atoms with van der Waals surface area (Å²) in [7, 11) is 0. The van der Waals surface area contributed by atoms with Crippen LogP contribution in [0.1, 0.15) is 22.0 Å². The number of halogens is 1. The number of rotatable bonds is 2. The number of phenols is 1. The van der Waals surface area contributed by atoms with E-state index in [1.165, 1.54) is 0 Å². The van der Waals surface area contributed by atoms with E-state index in [1.807, 2.05) is 36.4 Å². The summed E-state index contributed by atoms with van der Waals surface area (Å²) in [4.78, 5) is 21.1. The number of hydrogen-bond acceptors (Lipinski definition) is 2. The van der Waals surface area contributed by atoms with Crippen molar-refractivity contribution in [2.24, 2.45) is 0 Å². The fourth-order valence-electron chi connectivity index (χ4n) is 3.94. The van der Waals surface area contributed by atoms with Crippen LogP contribution in [0.15, 0.2) is 48.7 Å². The van der Waals surface area contributed by atoms with Crippen LogP contribution in [0.25, 0.3) is 21.8 Å². The van der Waals surface area contributed by atoms with Gasteiger partial charge in [-0.2, -0.15) is 0 Å². The number of anilines is 1. The molecule has 0 radical (unpaired) electrons. The molecule has 1 amide bonds. The molecular formula is C20H16ClN3O2. The van der Waals surface area contributed by atoms with Gasteiger partial charge < -0.3 is 20.0 Å². The third kappa shape index (κ3) is 2.07. The molecule has 1 atom stereocenters. The largest absolute Gasteiger partial charge is 0.506 e. The Bertz CT molecular complexity index is 1130. The van der Waals surface area contributed by atoms with Crippen LogP contribution in [0.4, 0.5) is 5.69 Å². The van der Waals surface area contributed by atoms with Crippen molar-refractivity contribution in [3.8, 4) is 5.75 Å². The summed E-state index contributed by atoms with van der Waals surface area (Å²) < 4.78 is 0. The van der Waals surface area contributed by atoms with Gasteiger partial charge in [0.1, 0.15) is 11.4 Å². The number of nitrogens with zero attached hydrogens (tertiary/aromatic N) is 1. The van der Waals surface area contributed by atoms with E-state index >= 15 is 0 Å². The summed E-state index contributed by atoms with van der Waals surface area (Å²) in [5, 5.41) is 12.3. The highest BCUT2D eigenvalue weighted by Crippen LogP contribution is 2.45. The summed E-state index contributed by atoms with van der Waals surface area (Å²) in [6.45, 7) is 0.497. The van der Waals surface area contributed by atoms with Gasteiger partial charge in [-0.25, -0.2) is 0 Å². The SMILES string of the molecule is O=C(c1cc2ccccc2[nH]1)N1C[C@@H](CCl)c2c1cc(O)c1[nH]ccc21. The van der Waals surface area contributed by atoms with Gasteiger partial charge in [0.05, 0.1) is 11.2 Å². The van der Waals surface area contributed by atoms with Crippen LogP contribution in [0.5, 0.6) is 5.75 Å². The van der Waals surface area contributed by atoms with Crippen molar-refractivity contribution in [1.82, 2.24) is 9.97 Å². The molecule has 0 aliphatic carbocycles. The van der Waals surface area contributed by atoms with Gasteiger partial charge in [0.2, 0.25) is 0 Å². The first-order valence-corrected chi connectivity index (χ1v) is 8.99. The van der Waals surface area contributed by atoms with E-state index in [0.717, 1.165) is 27.5 Å². The number of aromatic nitrogens is 2. The van der Waals surface area contributed by atoms with E-state index in [1.54, 1.807) is 17.2 Å². The number of hydrogen-bond donors (Lipinski definition) is 3. The molecule has 6 heteroatoms. The van der Waals surface area contributed by atoms with Gasteiger partial charge in [0, 0.05) is 46.9 Å². The number of para-hydroxylation sites is 1. The fourth-order valence-corrected chi connectivity index (χ4v) is 4.19. The van der Waals surface area contributed by atoms with E-state index in [0.29, 0.717) is 23.6 Å². The highest BCUT2D eigenvalue weighted by atomic mass is 35.5. The van der Waals surface area contributed by atoms with Crippen molar-refractivity contribution in [1.29, 1.82) is 0 Å². The molecule has 0 bridgehead atoms. The number of fused-ring (bicyclic) bond motifs is 4. The first-order chi connectivity index (χ1) is 12.7. The average Bonchev–Trinajstić information content (AvgIpc) is 3.36. The molecule has 0 saturated carbocycles. The summed E-state index contributed by atoms with van der Waals surface area (Å²) in [5.41, 5.74) is 3.87. The van der Waals surface area contributed by atoms with Crippen molar-refractivity contribution in [2.75, 3.05) is 17.3 Å². The minimum absolute atomic E-state index is 0.0268. The van der Waals surface area contributed by atoms with E-state index in [4.69, 9.17) is 11.6 Å². The molecule has 26 heavy (non-hydrogen) atoms. The number of carbonyl (C=O) groups is 1. The van der Waals surface area contributed by atoms with Crippen LogP contribution in [0, 0.1) is 0 Å². The quantitative estimate of drug-likeness (QED) is 0.462. The number of phenolic OH excluding ortho intramolecular Hbond substituents is 1. The zero-order chi connectivity index (χ0) is 17.8. The lowest BCUT2D eigenvalue weighted by molar-refractivity contribution is 0.0984. The smallest absolute Gasteiger partial charge is 0.274 e. The predicted molar refractivity (Wildman–Crippen MR) is 103 cm³/mol. The van der Waals surface area contributed by atoms with E-state index in [-0.39, 0.29) is 17.6 Å². The minimum atomic E-state index is -0.121. The van der Waals surface area contributed by atoms with Crippen molar-refractivity contribution < 1.29 is 9.90 Å². The summed E-state index contributed by atoms with van der Waals surface area (Å²) in [6, 6.07) is 13.2. The second-order valence-electron chi connectivity index (χ2n) is 6.63. The van der Waals surface area contributed by atoms with Crippen LogP contribution in [0.3, 0.4) is 0 Å². The Morgan fingerprint density at radius 1 is 1.27 bits per heavy atom. The van der Waals surface area contributed by atoms with E-state index < -0.39 is 0 Å². The Labute approximate surface area is 154 Å². The Balaban J connectivity index is 1.65. The lowest BCUT2D eigenvalue weighted by Crippen LogP contribution is -2.30. The van der Waals surface area contributed by atoms with Gasteiger partial charge in [0.15, 0.2) is 0 Å². The van der Waals surface area contributed by atoms with Crippen LogP contribution >= 0.6 is 11.6 Å². The van der Waals surface area contributed by atoms with Crippen molar-refractivity contribution in [3.05, 3.63) is 59.9 Å². The molecule has 2 aromatic heterocycles. The van der Waals surface area contributed by atoms with Crippen molar-refractivity contribution in [3.63, 3.8) is 0 Å². The number of H-pyrrole nitrogens is 2. The topological polar surface area (TPSA) is 72.1 Å². The second-order valence-corrected chi connectivity index (χ2v) is 6.94. The highest BCUT2D eigenvalue weighted by Gasteiger charge is 2.35. The van der Waals surface area contributed by atoms with Gasteiger partial charge >= 0.3 is 0 Å². The molecule has 1 aliphatic rings. The van der Waals surface area contributed by atoms with Gasteiger partial charge in [-0.1, -0.05) is 18.2 Å². The zero-order valence-corrected chi connectivity index (χ0v) is 14.5. The summed E-state index contributed by atoms with van der Waals surface area (Å²) in [6.07, 6.45) is 1.79. The first-order valence-electron chi connectivity index (χ1n) is 8.46. The summed E-state index contributed by atoms with van der Waals surface area (Å²) >= 11 is 6.20. The lowest BCUT2D eigenvalue weighted by Gasteiger charge is -2.17. The molecule has 2 aromatic carbocycles. The minimum Gasteiger partial charge on any atom is -0.506 e. The molecule has 0 spiro atoms. The van der Waals surface area contributed by atoms with Crippen LogP contribution in [-0.4, -0.2) is 33.4 Å². The summed E-state index contributed by atoms with van der Waals surface area (Å²) in [5.74, 6) is 0.450. The number of alkyl halides is 1. The van der Waals surface area contributed by atoms with Crippen LogP contribution in [-0.2, 0) is 0 Å². The standard InChI is InChI=1S/C20H16ClN3O2/c21-9-12-10-24(16-8-17(25)19-13(18(12)16)5-6-22-19)20(26)15-7-11-3-1-2-4-14(11)23-15/h1-8,12,22-23,25H,9-10H2/t12-/m1/s1. The van der Waals surface area contributed by atoms with Gasteiger partial charge in [-0.05, 0) is 23.8 Å². The Morgan fingerprint density at radius 3 is 2.92 bits per heavy atom. The first kappa shape index (κ1) is 15.3. The number of benzene rings is 2. The number of aromatic amines is 2. The van der Waals surface area contributed by atoms with Gasteiger partial charge in [0.25, 0.3) is 5.91 Å². The Hall–Kier alpha value is -2.92. The molecule has 3 heterocycles. The molecule has 5 nitrogen and oxygen atoms in total. The van der Waals surface area contributed by atoms with Gasteiger partial charge in [-0.3, -0.25) is 4.79 Å². The van der Waals surface area contributed by atoms with Crippen LogP contribution in [0.2, 0.25) is 0 Å². The maximum absolute atomic E-state index is 13.2. The number of aromatic hydroxyl groups is 1. The monoisotopic (exact) mass is 365 g/mol. The third-order valence-electron chi connectivity index (χ3n) is 5.14. The second kappa shape index (κ2) is 5.54. The predicted octanol–water partition coefficient (Wildman–Crippen LogP) is 4.34. The van der Waals surface area contributed by atoms with Crippen molar-refractivity contribution in [2.45, 2.75) is 5.92 Å². The normalized spacial score (nSPS) is 16.5. The molecule has 1 aliphatic heterocycles. The lowest BCUT2D eigenvalue weighted by atomic mass is 9.99. The molecule has 0 unspecified atom stereocenters. The fraction of sp³-hybridized carbons (Fsp3) is 0.150. The highest BCUT2D eigenvalue weighted by molar-refractivity contribution is 6.19. The average molecular weight is 366 g/mol. The number of nitrogens with one attached hydrogen (secondary N) is 2. The molecule has 0 saturated heterocycles. The molecule has 0 fully saturated rings. The maximum atomic E-state index is 13.2. The maximum Gasteiger partial charge on any atom is 0.274 e. The van der Waals surface area contributed by atoms with Crippen LogP contribution < -0.4 is 4.90 Å². The molecule has 130 valence electrons. The van der Waals surface area contributed by atoms with E-state index in [9.17, 15) is 9.90 Å². The van der Waals surface area contributed by atoms with Crippen molar-refractivity contribution >= 4 is 45.0 Å². The number of carbonyl (C=O) groups excluding carboxylic acids is 1. The molecule has 4 aromatic rings.